The second kappa shape index (κ2) is 9.43. The Kier molecular flexibility index (Phi) is 6.73. The first-order chi connectivity index (χ1) is 13.5. The molecule has 0 bridgehead atoms. The van der Waals surface area contributed by atoms with Crippen molar-refractivity contribution >= 4 is 45.5 Å². The zero-order chi connectivity index (χ0) is 19.9. The average Bonchev–Trinajstić information content (AvgIpc) is 3.05. The van der Waals surface area contributed by atoms with Crippen LogP contribution in [-0.2, 0) is 11.2 Å². The third-order valence-corrected chi connectivity index (χ3v) is 5.11. The highest BCUT2D eigenvalue weighted by Gasteiger charge is 2.18. The Hall–Kier alpha value is -2.77. The van der Waals surface area contributed by atoms with Crippen LogP contribution in [0, 0.1) is 6.92 Å². The smallest absolute Gasteiger partial charge is 0.341 e. The number of anilines is 2. The fraction of sp³-hybridized carbons (Fsp3) is 0.190. The summed E-state index contributed by atoms with van der Waals surface area (Å²) in [6, 6.07) is 17.6. The monoisotopic (exact) mass is 411 g/mol. The summed E-state index contributed by atoms with van der Waals surface area (Å²) < 4.78 is 5.20. The molecule has 1 aromatic carbocycles. The van der Waals surface area contributed by atoms with E-state index in [0.717, 1.165) is 17.0 Å². The van der Waals surface area contributed by atoms with E-state index >= 15 is 0 Å². The minimum absolute atomic E-state index is 0.318. The zero-order valence-electron chi connectivity index (χ0n) is 15.7. The molecule has 28 heavy (non-hydrogen) atoms. The highest BCUT2D eigenvalue weighted by Crippen LogP contribution is 2.31. The van der Waals surface area contributed by atoms with E-state index in [-0.39, 0.29) is 5.97 Å². The number of thiophene rings is 1. The van der Waals surface area contributed by atoms with Gasteiger partial charge in [-0.2, -0.15) is 0 Å². The highest BCUT2D eigenvalue weighted by molar-refractivity contribution is 7.80. The van der Waals surface area contributed by atoms with Crippen LogP contribution in [0.15, 0.2) is 54.6 Å². The lowest BCUT2D eigenvalue weighted by Crippen LogP contribution is -2.20. The zero-order valence-corrected chi connectivity index (χ0v) is 17.3. The number of nitrogens with one attached hydrogen (secondary N) is 2. The number of carbonyl (C=O) groups excluding carboxylic acids is 1. The topological polar surface area (TPSA) is 63.2 Å². The second-order valence-electron chi connectivity index (χ2n) is 6.08. The number of carbonyl (C=O) groups is 1. The largest absolute Gasteiger partial charge is 0.462 e. The molecule has 0 aliphatic rings. The Balaban J connectivity index is 1.79. The van der Waals surface area contributed by atoms with Gasteiger partial charge < -0.3 is 15.4 Å². The molecule has 0 spiro atoms. The number of aromatic nitrogens is 1. The quantitative estimate of drug-likeness (QED) is 0.438. The van der Waals surface area contributed by atoms with Gasteiger partial charge in [-0.1, -0.05) is 36.4 Å². The van der Waals surface area contributed by atoms with Crippen molar-refractivity contribution in [2.75, 3.05) is 17.2 Å². The van der Waals surface area contributed by atoms with Crippen LogP contribution >= 0.6 is 23.6 Å². The summed E-state index contributed by atoms with van der Waals surface area (Å²) in [6.45, 7) is 4.02. The van der Waals surface area contributed by atoms with E-state index in [9.17, 15) is 4.79 Å². The fourth-order valence-corrected chi connectivity index (χ4v) is 4.00. The van der Waals surface area contributed by atoms with Gasteiger partial charge in [-0.05, 0) is 49.8 Å². The van der Waals surface area contributed by atoms with Crippen molar-refractivity contribution in [2.24, 2.45) is 0 Å². The van der Waals surface area contributed by atoms with Crippen molar-refractivity contribution in [3.05, 3.63) is 76.3 Å². The van der Waals surface area contributed by atoms with E-state index in [2.05, 4.69) is 27.8 Å². The molecule has 0 fully saturated rings. The van der Waals surface area contributed by atoms with Gasteiger partial charge in [0.05, 0.1) is 12.2 Å². The van der Waals surface area contributed by atoms with E-state index in [1.807, 2.05) is 49.4 Å². The number of ether oxygens (including phenoxy) is 1. The molecule has 0 amide bonds. The molecule has 0 radical (unpaired) electrons. The summed E-state index contributed by atoms with van der Waals surface area (Å²) in [4.78, 5) is 17.8. The van der Waals surface area contributed by atoms with Gasteiger partial charge in [0.2, 0.25) is 0 Å². The summed E-state index contributed by atoms with van der Waals surface area (Å²) in [5, 5.41) is 7.21. The summed E-state index contributed by atoms with van der Waals surface area (Å²) in [5.74, 6) is 0.285. The maximum atomic E-state index is 12.4. The van der Waals surface area contributed by atoms with Crippen LogP contribution in [-0.4, -0.2) is 22.7 Å². The number of rotatable bonds is 6. The minimum Gasteiger partial charge on any atom is -0.462 e. The molecule has 0 saturated heterocycles. The van der Waals surface area contributed by atoms with Gasteiger partial charge in [0.25, 0.3) is 0 Å². The number of aryl methyl sites for hydroxylation is 1. The lowest BCUT2D eigenvalue weighted by molar-refractivity contribution is 0.0528. The molecule has 7 heteroatoms. The molecule has 0 aliphatic carbocycles. The number of thiocarbonyl (C=S) groups is 1. The fourth-order valence-electron chi connectivity index (χ4n) is 2.64. The van der Waals surface area contributed by atoms with Crippen LogP contribution in [0.1, 0.15) is 33.4 Å². The molecule has 0 aliphatic heterocycles. The predicted octanol–water partition coefficient (Wildman–Crippen LogP) is 5.03. The van der Waals surface area contributed by atoms with Gasteiger partial charge in [-0.15, -0.1) is 11.3 Å². The number of nitrogens with zero attached hydrogens (tertiary/aromatic N) is 1. The third-order valence-electron chi connectivity index (χ3n) is 3.86. The van der Waals surface area contributed by atoms with Gasteiger partial charge in [0, 0.05) is 17.0 Å². The summed E-state index contributed by atoms with van der Waals surface area (Å²) in [6.07, 6.45) is 0.735. The van der Waals surface area contributed by atoms with Gasteiger partial charge in [0.1, 0.15) is 10.8 Å². The summed E-state index contributed by atoms with van der Waals surface area (Å²) in [5.41, 5.74) is 2.55. The summed E-state index contributed by atoms with van der Waals surface area (Å²) in [7, 11) is 0. The van der Waals surface area contributed by atoms with Crippen molar-refractivity contribution in [3.8, 4) is 0 Å². The van der Waals surface area contributed by atoms with Crippen LogP contribution in [0.5, 0.6) is 0 Å². The number of hydrogen-bond acceptors (Lipinski definition) is 5. The van der Waals surface area contributed by atoms with Gasteiger partial charge in [-0.25, -0.2) is 9.78 Å². The van der Waals surface area contributed by atoms with E-state index in [0.29, 0.717) is 28.1 Å². The molecule has 2 heterocycles. The van der Waals surface area contributed by atoms with Crippen molar-refractivity contribution in [3.63, 3.8) is 0 Å². The Labute approximate surface area is 173 Å². The number of benzene rings is 1. The normalized spacial score (nSPS) is 10.4. The van der Waals surface area contributed by atoms with Crippen molar-refractivity contribution in [1.82, 2.24) is 4.98 Å². The van der Waals surface area contributed by atoms with Crippen molar-refractivity contribution < 1.29 is 9.53 Å². The Morgan fingerprint density at radius 2 is 1.93 bits per heavy atom. The van der Waals surface area contributed by atoms with Gasteiger partial charge >= 0.3 is 5.97 Å². The first-order valence-corrected chi connectivity index (χ1v) is 10.1. The lowest BCUT2D eigenvalue weighted by Gasteiger charge is -2.10. The predicted molar refractivity (Wildman–Crippen MR) is 118 cm³/mol. The molecule has 144 valence electrons. The number of esters is 1. The molecule has 5 nitrogen and oxygen atoms in total. The molecule has 0 saturated carbocycles. The minimum atomic E-state index is -0.364. The molecule has 3 rings (SSSR count). The van der Waals surface area contributed by atoms with Crippen LogP contribution in [0.4, 0.5) is 10.8 Å². The second-order valence-corrected chi connectivity index (χ2v) is 7.63. The molecular formula is C21H21N3O2S2. The Bertz CT molecular complexity index is 971. The molecule has 0 unspecified atom stereocenters. The van der Waals surface area contributed by atoms with Crippen LogP contribution < -0.4 is 10.6 Å². The maximum absolute atomic E-state index is 12.4. The van der Waals surface area contributed by atoms with E-state index < -0.39 is 0 Å². The van der Waals surface area contributed by atoms with Crippen molar-refractivity contribution in [1.29, 1.82) is 0 Å². The Morgan fingerprint density at radius 3 is 2.64 bits per heavy atom. The van der Waals surface area contributed by atoms with E-state index in [4.69, 9.17) is 17.0 Å². The molecule has 3 aromatic rings. The molecule has 2 aromatic heterocycles. The van der Waals surface area contributed by atoms with Crippen molar-refractivity contribution in [2.45, 2.75) is 20.3 Å². The number of hydrogen-bond donors (Lipinski definition) is 2. The standard InChI is InChI=1S/C21H21N3O2S2/c1-3-26-20(25)17-13-16(12-15-9-5-4-6-10-15)28-19(17)24-21(27)23-18-11-7-8-14(2)22-18/h4-11,13H,3,12H2,1-2H3,(H2,22,23,24,27). The van der Waals surface area contributed by atoms with E-state index in [1.54, 1.807) is 6.92 Å². The Morgan fingerprint density at radius 1 is 1.14 bits per heavy atom. The SMILES string of the molecule is CCOC(=O)c1cc(Cc2ccccc2)sc1NC(=S)Nc1cccc(C)n1. The van der Waals surface area contributed by atoms with Crippen LogP contribution in [0.25, 0.3) is 0 Å². The maximum Gasteiger partial charge on any atom is 0.341 e. The molecule has 2 N–H and O–H groups in total. The van der Waals surface area contributed by atoms with E-state index in [1.165, 1.54) is 16.9 Å². The molecular weight excluding hydrogens is 390 g/mol. The first kappa shape index (κ1) is 20.0. The van der Waals surface area contributed by atoms with Gasteiger partial charge in [0.15, 0.2) is 5.11 Å². The van der Waals surface area contributed by atoms with Crippen LogP contribution in [0.3, 0.4) is 0 Å². The highest BCUT2D eigenvalue weighted by atomic mass is 32.1. The first-order valence-electron chi connectivity index (χ1n) is 8.90. The number of pyridine rings is 1. The average molecular weight is 412 g/mol. The van der Waals surface area contributed by atoms with Crippen LogP contribution in [0.2, 0.25) is 0 Å². The lowest BCUT2D eigenvalue weighted by atomic mass is 10.1. The molecule has 0 atom stereocenters. The third kappa shape index (κ3) is 5.37. The summed E-state index contributed by atoms with van der Waals surface area (Å²) >= 11 is 6.89. The van der Waals surface area contributed by atoms with Gasteiger partial charge in [-0.3, -0.25) is 0 Å².